The molecule has 0 spiro atoms. The highest BCUT2D eigenvalue weighted by Gasteiger charge is 2.33. The van der Waals surface area contributed by atoms with E-state index in [0.717, 1.165) is 6.07 Å². The molecule has 0 unspecified atom stereocenters. The summed E-state index contributed by atoms with van der Waals surface area (Å²) >= 11 is 5.80. The summed E-state index contributed by atoms with van der Waals surface area (Å²) in [6.07, 6.45) is -3.02. The molecule has 1 aliphatic heterocycles. The van der Waals surface area contributed by atoms with Gasteiger partial charge in [0.15, 0.2) is 0 Å². The van der Waals surface area contributed by atoms with Gasteiger partial charge in [-0.25, -0.2) is 0 Å². The fourth-order valence-corrected chi connectivity index (χ4v) is 3.17. The minimum absolute atomic E-state index is 0.0530. The zero-order chi connectivity index (χ0) is 20.3. The highest BCUT2D eigenvalue weighted by Crippen LogP contribution is 2.34. The van der Waals surface area contributed by atoms with Gasteiger partial charge in [0.25, 0.3) is 5.91 Å². The van der Waals surface area contributed by atoms with E-state index in [0.29, 0.717) is 36.9 Å². The number of aromatic amines is 1. The first-order chi connectivity index (χ1) is 13.2. The quantitative estimate of drug-likeness (QED) is 0.808. The van der Waals surface area contributed by atoms with Crippen molar-refractivity contribution in [3.05, 3.63) is 52.8 Å². The second-order valence-corrected chi connectivity index (χ2v) is 6.83. The first kappa shape index (κ1) is 20.2. The van der Waals surface area contributed by atoms with Crippen LogP contribution in [-0.4, -0.2) is 59.3 Å². The molecular weight excluding hydrogens is 397 g/mol. The van der Waals surface area contributed by atoms with E-state index in [4.69, 9.17) is 11.6 Å². The molecular formula is C18H18ClF3N4O2. The number of hydrogen-bond donors (Lipinski definition) is 2. The predicted molar refractivity (Wildman–Crippen MR) is 98.2 cm³/mol. The van der Waals surface area contributed by atoms with Crippen molar-refractivity contribution >= 4 is 29.1 Å². The van der Waals surface area contributed by atoms with Gasteiger partial charge in [-0.3, -0.25) is 14.5 Å². The van der Waals surface area contributed by atoms with Gasteiger partial charge in [0, 0.05) is 32.4 Å². The van der Waals surface area contributed by atoms with Crippen molar-refractivity contribution in [3.8, 4) is 0 Å². The summed E-state index contributed by atoms with van der Waals surface area (Å²) in [5.74, 6) is -0.720. The van der Waals surface area contributed by atoms with Gasteiger partial charge in [0.1, 0.15) is 5.69 Å². The summed E-state index contributed by atoms with van der Waals surface area (Å²) in [6.45, 7) is 1.63. The normalized spacial score (nSPS) is 15.5. The summed E-state index contributed by atoms with van der Waals surface area (Å²) in [7, 11) is 0. The van der Waals surface area contributed by atoms with Crippen molar-refractivity contribution in [3.63, 3.8) is 0 Å². The van der Waals surface area contributed by atoms with E-state index in [1.54, 1.807) is 15.9 Å². The molecule has 0 atom stereocenters. The van der Waals surface area contributed by atoms with Crippen LogP contribution >= 0.6 is 11.6 Å². The number of rotatable bonds is 4. The second kappa shape index (κ2) is 8.24. The third-order valence-electron chi connectivity index (χ3n) is 4.41. The number of alkyl halides is 3. The highest BCUT2D eigenvalue weighted by molar-refractivity contribution is 6.30. The van der Waals surface area contributed by atoms with Crippen LogP contribution in [0.4, 0.5) is 18.9 Å². The van der Waals surface area contributed by atoms with Crippen LogP contribution in [0.25, 0.3) is 0 Å². The Morgan fingerprint density at radius 1 is 1.14 bits per heavy atom. The molecule has 150 valence electrons. The molecule has 0 saturated carbocycles. The summed E-state index contributed by atoms with van der Waals surface area (Å²) in [5, 5.41) is 2.77. The van der Waals surface area contributed by atoms with Crippen LogP contribution in [0.5, 0.6) is 0 Å². The molecule has 0 bridgehead atoms. The third kappa shape index (κ3) is 4.85. The smallest absolute Gasteiger partial charge is 0.356 e. The number of halogens is 4. The van der Waals surface area contributed by atoms with Crippen LogP contribution in [0.3, 0.4) is 0 Å². The van der Waals surface area contributed by atoms with Crippen LogP contribution in [0, 0.1) is 0 Å². The Labute approximate surface area is 164 Å². The van der Waals surface area contributed by atoms with Crippen LogP contribution in [-0.2, 0) is 11.0 Å². The number of carbonyl (C=O) groups excluding carboxylic acids is 2. The first-order valence-electron chi connectivity index (χ1n) is 8.55. The maximum atomic E-state index is 13.0. The molecule has 1 aromatic carbocycles. The number of carbonyl (C=O) groups is 2. The van der Waals surface area contributed by atoms with Crippen LogP contribution in [0.1, 0.15) is 16.1 Å². The summed E-state index contributed by atoms with van der Waals surface area (Å²) < 4.78 is 39.0. The van der Waals surface area contributed by atoms with Gasteiger partial charge in [-0.15, -0.1) is 0 Å². The molecule has 2 amide bonds. The monoisotopic (exact) mass is 414 g/mol. The maximum Gasteiger partial charge on any atom is 0.418 e. The van der Waals surface area contributed by atoms with Gasteiger partial charge < -0.3 is 15.2 Å². The molecule has 1 aliphatic rings. The Bertz CT molecular complexity index is 861. The Balaban J connectivity index is 1.53. The molecule has 0 aliphatic carbocycles. The average molecular weight is 415 g/mol. The summed E-state index contributed by atoms with van der Waals surface area (Å²) in [4.78, 5) is 30.7. The number of anilines is 1. The number of nitrogens with zero attached hydrogens (tertiary/aromatic N) is 2. The summed E-state index contributed by atoms with van der Waals surface area (Å²) in [6, 6.07) is 6.39. The van der Waals surface area contributed by atoms with Gasteiger partial charge in [0.2, 0.25) is 5.91 Å². The Morgan fingerprint density at radius 3 is 2.43 bits per heavy atom. The topological polar surface area (TPSA) is 68.4 Å². The zero-order valence-electron chi connectivity index (χ0n) is 14.7. The van der Waals surface area contributed by atoms with Gasteiger partial charge in [0.05, 0.1) is 22.8 Å². The standard InChI is InChI=1S/C18H18ClF3N4O2/c19-12-9-15(23-10-12)17(28)26-7-5-25(6-8-26)11-16(27)24-14-4-2-1-3-13(14)18(20,21)22/h1-4,9-10,23H,5-8,11H2,(H,24,27). The van der Waals surface area contributed by atoms with Crippen molar-refractivity contribution in [2.24, 2.45) is 0 Å². The van der Waals surface area contributed by atoms with Crippen molar-refractivity contribution in [1.82, 2.24) is 14.8 Å². The molecule has 6 nitrogen and oxygen atoms in total. The van der Waals surface area contributed by atoms with Crippen LogP contribution in [0.15, 0.2) is 36.5 Å². The zero-order valence-corrected chi connectivity index (χ0v) is 15.5. The lowest BCUT2D eigenvalue weighted by atomic mass is 10.1. The fourth-order valence-electron chi connectivity index (χ4n) is 3.00. The number of aromatic nitrogens is 1. The average Bonchev–Trinajstić information content (AvgIpc) is 3.07. The van der Waals surface area contributed by atoms with Gasteiger partial charge >= 0.3 is 6.18 Å². The Kier molecular flexibility index (Phi) is 5.95. The molecule has 2 aromatic rings. The predicted octanol–water partition coefficient (Wildman–Crippen LogP) is 3.08. The number of H-pyrrole nitrogens is 1. The first-order valence-corrected chi connectivity index (χ1v) is 8.93. The number of piperazine rings is 1. The van der Waals surface area contributed by atoms with Crippen molar-refractivity contribution in [2.45, 2.75) is 6.18 Å². The Morgan fingerprint density at radius 2 is 1.82 bits per heavy atom. The largest absolute Gasteiger partial charge is 0.418 e. The van der Waals surface area contributed by atoms with E-state index >= 15 is 0 Å². The van der Waals surface area contributed by atoms with Gasteiger partial charge in [-0.05, 0) is 18.2 Å². The summed E-state index contributed by atoms with van der Waals surface area (Å²) in [5.41, 5.74) is -0.763. The highest BCUT2D eigenvalue weighted by atomic mass is 35.5. The van der Waals surface area contributed by atoms with Crippen molar-refractivity contribution in [2.75, 3.05) is 38.0 Å². The number of benzene rings is 1. The number of amides is 2. The van der Waals surface area contributed by atoms with Gasteiger partial charge in [-0.2, -0.15) is 13.2 Å². The minimum Gasteiger partial charge on any atom is -0.356 e. The SMILES string of the molecule is O=C(CN1CCN(C(=O)c2cc(Cl)c[nH]2)CC1)Nc1ccccc1C(F)(F)F. The molecule has 2 N–H and O–H groups in total. The number of para-hydroxylation sites is 1. The Hall–Kier alpha value is -2.52. The fraction of sp³-hybridized carbons (Fsp3) is 0.333. The lowest BCUT2D eigenvalue weighted by molar-refractivity contribution is -0.137. The molecule has 1 fully saturated rings. The number of hydrogen-bond acceptors (Lipinski definition) is 3. The maximum absolute atomic E-state index is 13.0. The molecule has 28 heavy (non-hydrogen) atoms. The molecule has 10 heteroatoms. The lowest BCUT2D eigenvalue weighted by Crippen LogP contribution is -2.50. The number of nitrogens with one attached hydrogen (secondary N) is 2. The third-order valence-corrected chi connectivity index (χ3v) is 4.63. The van der Waals surface area contributed by atoms with E-state index in [1.807, 2.05) is 0 Å². The molecule has 2 heterocycles. The lowest BCUT2D eigenvalue weighted by Gasteiger charge is -2.34. The van der Waals surface area contributed by atoms with Crippen molar-refractivity contribution < 1.29 is 22.8 Å². The molecule has 3 rings (SSSR count). The van der Waals surface area contributed by atoms with E-state index in [1.165, 1.54) is 24.4 Å². The molecule has 1 saturated heterocycles. The van der Waals surface area contributed by atoms with Crippen molar-refractivity contribution in [1.29, 1.82) is 0 Å². The van der Waals surface area contributed by atoms with E-state index in [2.05, 4.69) is 10.3 Å². The molecule has 0 radical (unpaired) electrons. The van der Waals surface area contributed by atoms with Gasteiger partial charge in [-0.1, -0.05) is 23.7 Å². The van der Waals surface area contributed by atoms with Crippen LogP contribution < -0.4 is 5.32 Å². The van der Waals surface area contributed by atoms with E-state index < -0.39 is 17.6 Å². The molecule has 1 aromatic heterocycles. The van der Waals surface area contributed by atoms with E-state index in [-0.39, 0.29) is 18.1 Å². The second-order valence-electron chi connectivity index (χ2n) is 6.39. The van der Waals surface area contributed by atoms with E-state index in [9.17, 15) is 22.8 Å². The van der Waals surface area contributed by atoms with Crippen LogP contribution in [0.2, 0.25) is 5.02 Å². The minimum atomic E-state index is -4.55.